The second-order valence-corrected chi connectivity index (χ2v) is 8.55. The molecule has 168 valence electrons. The Labute approximate surface area is 197 Å². The van der Waals surface area contributed by atoms with Gasteiger partial charge in [0.15, 0.2) is 5.65 Å². The number of nitrogens with zero attached hydrogens (tertiary/aromatic N) is 5. The van der Waals surface area contributed by atoms with E-state index in [1.165, 1.54) is 0 Å². The highest BCUT2D eigenvalue weighted by atomic mass is 16.2. The van der Waals surface area contributed by atoms with E-state index in [0.717, 1.165) is 53.5 Å². The maximum atomic E-state index is 13.9. The average Bonchev–Trinajstić information content (AvgIpc) is 3.34. The highest BCUT2D eigenvalue weighted by molar-refractivity contribution is 6.10. The summed E-state index contributed by atoms with van der Waals surface area (Å²) in [7, 11) is 0. The summed E-state index contributed by atoms with van der Waals surface area (Å²) in [5.41, 5.74) is 3.33. The van der Waals surface area contributed by atoms with Gasteiger partial charge in [-0.2, -0.15) is 5.10 Å². The molecule has 7 heteroatoms. The summed E-state index contributed by atoms with van der Waals surface area (Å²) in [6.45, 7) is 1.73. The van der Waals surface area contributed by atoms with Gasteiger partial charge in [-0.3, -0.25) is 9.69 Å². The van der Waals surface area contributed by atoms with Crippen LogP contribution in [-0.4, -0.2) is 44.6 Å². The molecule has 0 unspecified atom stereocenters. The molecule has 1 amide bonds. The average molecular weight is 449 g/mol. The summed E-state index contributed by atoms with van der Waals surface area (Å²) in [4.78, 5) is 24.9. The van der Waals surface area contributed by atoms with E-state index in [9.17, 15) is 4.79 Å². The lowest BCUT2D eigenvalue weighted by atomic mass is 10.0. The van der Waals surface area contributed by atoms with Crippen LogP contribution in [0.4, 0.5) is 5.82 Å². The second kappa shape index (κ2) is 8.68. The molecule has 5 aromatic rings. The number of fused-ring (bicyclic) bond motifs is 2. The Bertz CT molecular complexity index is 1460. The summed E-state index contributed by atoms with van der Waals surface area (Å²) in [6.07, 6.45) is 9.19. The quantitative estimate of drug-likeness (QED) is 0.443. The van der Waals surface area contributed by atoms with Crippen molar-refractivity contribution in [2.24, 2.45) is 0 Å². The summed E-state index contributed by atoms with van der Waals surface area (Å²) in [5.74, 6) is 0.676. The standard InChI is InChI=1S/C27H24N6O/c34-27(21-10-8-20(9-11-21)24-18-31-32-16-4-14-29-25(24)32)33(22-6-3-13-28-17-22)26-23-7-2-1-5-19(23)12-15-30-26/h1-2,4-5,7-12,14-16,18,22,28H,3,6,13,17H2/t22-/m1/s1. The zero-order valence-electron chi connectivity index (χ0n) is 18.6. The molecule has 1 fully saturated rings. The summed E-state index contributed by atoms with van der Waals surface area (Å²) < 4.78 is 1.75. The Kier molecular flexibility index (Phi) is 5.24. The number of aromatic nitrogens is 4. The summed E-state index contributed by atoms with van der Waals surface area (Å²) >= 11 is 0. The van der Waals surface area contributed by atoms with Crippen LogP contribution < -0.4 is 10.2 Å². The molecule has 34 heavy (non-hydrogen) atoms. The van der Waals surface area contributed by atoms with Crippen molar-refractivity contribution in [3.05, 3.63) is 91.0 Å². The number of rotatable bonds is 4. The SMILES string of the molecule is O=C(c1ccc(-c2cnn3cccnc23)cc1)N(c1nccc2ccccc12)[C@@H]1CCCNC1. The number of carbonyl (C=O) groups excluding carboxylic acids is 1. The number of benzene rings is 2. The lowest BCUT2D eigenvalue weighted by molar-refractivity contribution is 0.0972. The molecule has 0 spiro atoms. The fraction of sp³-hybridized carbons (Fsp3) is 0.185. The van der Waals surface area contributed by atoms with Crippen molar-refractivity contribution in [1.82, 2.24) is 24.9 Å². The van der Waals surface area contributed by atoms with Gasteiger partial charge in [-0.25, -0.2) is 14.5 Å². The minimum Gasteiger partial charge on any atom is -0.315 e. The van der Waals surface area contributed by atoms with Gasteiger partial charge in [-0.1, -0.05) is 36.4 Å². The minimum atomic E-state index is -0.0397. The van der Waals surface area contributed by atoms with E-state index in [2.05, 4.69) is 26.4 Å². The Morgan fingerprint density at radius 1 is 1.00 bits per heavy atom. The number of piperidine rings is 1. The Morgan fingerprint density at radius 2 is 1.88 bits per heavy atom. The lowest BCUT2D eigenvalue weighted by Crippen LogP contribution is -2.49. The number of hydrogen-bond acceptors (Lipinski definition) is 5. The predicted molar refractivity (Wildman–Crippen MR) is 133 cm³/mol. The molecule has 3 aromatic heterocycles. The van der Waals surface area contributed by atoms with E-state index in [-0.39, 0.29) is 11.9 Å². The van der Waals surface area contributed by atoms with E-state index in [1.54, 1.807) is 23.1 Å². The molecule has 0 radical (unpaired) electrons. The highest BCUT2D eigenvalue weighted by Crippen LogP contribution is 2.30. The fourth-order valence-electron chi connectivity index (χ4n) is 4.75. The van der Waals surface area contributed by atoms with Crippen molar-refractivity contribution in [2.45, 2.75) is 18.9 Å². The molecule has 1 N–H and O–H groups in total. The van der Waals surface area contributed by atoms with Crippen LogP contribution in [0.2, 0.25) is 0 Å². The fourth-order valence-corrected chi connectivity index (χ4v) is 4.75. The monoisotopic (exact) mass is 448 g/mol. The topological polar surface area (TPSA) is 75.4 Å². The zero-order chi connectivity index (χ0) is 22.9. The Hall–Kier alpha value is -4.10. The van der Waals surface area contributed by atoms with Gasteiger partial charge in [-0.05, 0) is 54.6 Å². The molecule has 1 atom stereocenters. The molecular weight excluding hydrogens is 424 g/mol. The number of anilines is 1. The van der Waals surface area contributed by atoms with Gasteiger partial charge in [0.2, 0.25) is 0 Å². The molecule has 1 saturated heterocycles. The molecular formula is C27H24N6O. The van der Waals surface area contributed by atoms with E-state index in [4.69, 9.17) is 0 Å². The summed E-state index contributed by atoms with van der Waals surface area (Å²) in [5, 5.41) is 9.88. The van der Waals surface area contributed by atoms with Crippen molar-refractivity contribution in [3.8, 4) is 11.1 Å². The Balaban J connectivity index is 1.39. The van der Waals surface area contributed by atoms with Gasteiger partial charge in [0.25, 0.3) is 5.91 Å². The van der Waals surface area contributed by atoms with Crippen LogP contribution in [0.1, 0.15) is 23.2 Å². The first-order valence-corrected chi connectivity index (χ1v) is 11.6. The van der Waals surface area contributed by atoms with Gasteiger partial charge >= 0.3 is 0 Å². The van der Waals surface area contributed by atoms with Gasteiger partial charge in [0.1, 0.15) is 5.82 Å². The largest absolute Gasteiger partial charge is 0.315 e. The highest BCUT2D eigenvalue weighted by Gasteiger charge is 2.30. The molecule has 0 bridgehead atoms. The summed E-state index contributed by atoms with van der Waals surface area (Å²) in [6, 6.07) is 19.7. The van der Waals surface area contributed by atoms with Crippen LogP contribution >= 0.6 is 0 Å². The molecule has 1 aliphatic rings. The normalized spacial score (nSPS) is 16.1. The van der Waals surface area contributed by atoms with Crippen molar-refractivity contribution < 1.29 is 4.79 Å². The van der Waals surface area contributed by atoms with Crippen LogP contribution in [0.25, 0.3) is 27.5 Å². The smallest absolute Gasteiger partial charge is 0.259 e. The number of amides is 1. The van der Waals surface area contributed by atoms with Crippen LogP contribution in [0.5, 0.6) is 0 Å². The Morgan fingerprint density at radius 3 is 2.74 bits per heavy atom. The van der Waals surface area contributed by atoms with Gasteiger partial charge in [0, 0.05) is 41.6 Å². The van der Waals surface area contributed by atoms with Gasteiger partial charge < -0.3 is 5.32 Å². The molecule has 1 aliphatic heterocycles. The molecule has 4 heterocycles. The molecule has 0 saturated carbocycles. The van der Waals surface area contributed by atoms with Crippen LogP contribution in [0, 0.1) is 0 Å². The number of pyridine rings is 1. The molecule has 2 aromatic carbocycles. The third-order valence-corrected chi connectivity index (χ3v) is 6.46. The predicted octanol–water partition coefficient (Wildman–Crippen LogP) is 4.34. The molecule has 0 aliphatic carbocycles. The number of nitrogens with one attached hydrogen (secondary N) is 1. The first-order valence-electron chi connectivity index (χ1n) is 11.6. The van der Waals surface area contributed by atoms with Gasteiger partial charge in [0.05, 0.1) is 12.2 Å². The van der Waals surface area contributed by atoms with Crippen molar-refractivity contribution in [2.75, 3.05) is 18.0 Å². The number of hydrogen-bond donors (Lipinski definition) is 1. The number of carbonyl (C=O) groups is 1. The molecule has 6 rings (SSSR count). The van der Waals surface area contributed by atoms with Crippen LogP contribution in [0.3, 0.4) is 0 Å². The molecule has 7 nitrogen and oxygen atoms in total. The van der Waals surface area contributed by atoms with Crippen molar-refractivity contribution in [3.63, 3.8) is 0 Å². The second-order valence-electron chi connectivity index (χ2n) is 8.55. The lowest BCUT2D eigenvalue weighted by Gasteiger charge is -2.34. The van der Waals surface area contributed by atoms with Crippen molar-refractivity contribution >= 4 is 28.1 Å². The third kappa shape index (κ3) is 3.60. The minimum absolute atomic E-state index is 0.0397. The van der Waals surface area contributed by atoms with E-state index >= 15 is 0 Å². The first kappa shape index (κ1) is 20.5. The van der Waals surface area contributed by atoms with E-state index < -0.39 is 0 Å². The maximum absolute atomic E-state index is 13.9. The van der Waals surface area contributed by atoms with Crippen LogP contribution in [0.15, 0.2) is 85.5 Å². The third-order valence-electron chi connectivity index (χ3n) is 6.46. The van der Waals surface area contributed by atoms with E-state index in [1.807, 2.05) is 65.7 Å². The maximum Gasteiger partial charge on any atom is 0.259 e. The first-order chi connectivity index (χ1) is 16.8. The van der Waals surface area contributed by atoms with Crippen LogP contribution in [-0.2, 0) is 0 Å². The zero-order valence-corrected chi connectivity index (χ0v) is 18.6. The van der Waals surface area contributed by atoms with Gasteiger partial charge in [-0.15, -0.1) is 0 Å². The van der Waals surface area contributed by atoms with Crippen molar-refractivity contribution in [1.29, 1.82) is 0 Å². The van der Waals surface area contributed by atoms with E-state index in [0.29, 0.717) is 11.4 Å².